The van der Waals surface area contributed by atoms with Crippen molar-refractivity contribution in [1.29, 1.82) is 0 Å². The van der Waals surface area contributed by atoms with Crippen molar-refractivity contribution in [3.8, 4) is 0 Å². The molecule has 2 rings (SSSR count). The molecule has 0 saturated carbocycles. The Kier molecular flexibility index (Phi) is 5.15. The van der Waals surface area contributed by atoms with Gasteiger partial charge in [0.25, 0.3) is 0 Å². The number of rotatable bonds is 5. The molecular weight excluding hydrogens is 338 g/mol. The number of aromatic nitrogens is 1. The van der Waals surface area contributed by atoms with E-state index < -0.39 is 19.9 Å². The van der Waals surface area contributed by atoms with Gasteiger partial charge in [0.05, 0.1) is 0 Å². The summed E-state index contributed by atoms with van der Waals surface area (Å²) in [7, 11) is -7.17. The van der Waals surface area contributed by atoms with Crippen molar-refractivity contribution in [2.24, 2.45) is 5.41 Å². The maximum absolute atomic E-state index is 12.3. The van der Waals surface area contributed by atoms with E-state index in [0.29, 0.717) is 0 Å². The van der Waals surface area contributed by atoms with Crippen LogP contribution in [0.1, 0.15) is 26.7 Å². The summed E-state index contributed by atoms with van der Waals surface area (Å²) in [6.45, 7) is 5.38. The second-order valence-corrected chi connectivity index (χ2v) is 10.3. The number of sulfonamides is 1. The van der Waals surface area contributed by atoms with Gasteiger partial charge in [0.15, 0.2) is 14.9 Å². The minimum Gasteiger partial charge on any atom is -0.312 e. The van der Waals surface area contributed by atoms with Crippen LogP contribution in [-0.4, -0.2) is 47.2 Å². The summed E-state index contributed by atoms with van der Waals surface area (Å²) in [5.74, 6) is 0. The Morgan fingerprint density at radius 3 is 2.52 bits per heavy atom. The number of nitrogens with one attached hydrogen (secondary N) is 2. The molecule has 0 aromatic carbocycles. The molecule has 2 heterocycles. The number of hydrogen-bond donors (Lipinski definition) is 2. The van der Waals surface area contributed by atoms with Crippen LogP contribution in [0, 0.1) is 5.41 Å². The van der Waals surface area contributed by atoms with Crippen molar-refractivity contribution in [3.63, 3.8) is 0 Å². The smallest absolute Gasteiger partial charge is 0.242 e. The Morgan fingerprint density at radius 1 is 1.30 bits per heavy atom. The minimum absolute atomic E-state index is 0.0131. The van der Waals surface area contributed by atoms with Gasteiger partial charge in [-0.1, -0.05) is 13.8 Å². The van der Waals surface area contributed by atoms with Gasteiger partial charge in [0, 0.05) is 25.0 Å². The molecular formula is C14H23N3O4S2. The SMILES string of the molecule is CC1(C)CCCNC1CNS(=O)(=O)c1ccc(S(C)(=O)=O)nc1. The number of sulfone groups is 1. The van der Waals surface area contributed by atoms with E-state index in [2.05, 4.69) is 28.9 Å². The van der Waals surface area contributed by atoms with Crippen molar-refractivity contribution in [1.82, 2.24) is 15.0 Å². The predicted octanol–water partition coefficient (Wildman–Crippen LogP) is 0.542. The molecule has 1 aliphatic rings. The Labute approximate surface area is 137 Å². The Hall–Kier alpha value is -1.03. The topological polar surface area (TPSA) is 105 Å². The van der Waals surface area contributed by atoms with E-state index in [0.717, 1.165) is 31.8 Å². The third-order valence-electron chi connectivity index (χ3n) is 4.21. The van der Waals surface area contributed by atoms with Crippen LogP contribution in [0.3, 0.4) is 0 Å². The van der Waals surface area contributed by atoms with Crippen LogP contribution in [0.5, 0.6) is 0 Å². The van der Waals surface area contributed by atoms with Crippen LogP contribution in [-0.2, 0) is 19.9 Å². The van der Waals surface area contributed by atoms with Crippen LogP contribution >= 0.6 is 0 Å². The fourth-order valence-electron chi connectivity index (χ4n) is 2.64. The van der Waals surface area contributed by atoms with Crippen LogP contribution in [0.2, 0.25) is 0 Å². The fourth-order valence-corrected chi connectivity index (χ4v) is 4.19. The second-order valence-electron chi connectivity index (χ2n) is 6.56. The molecule has 0 amide bonds. The lowest BCUT2D eigenvalue weighted by Gasteiger charge is -2.39. The molecule has 1 aromatic heterocycles. The Bertz CT molecular complexity index is 756. The largest absolute Gasteiger partial charge is 0.312 e. The van der Waals surface area contributed by atoms with E-state index in [1.165, 1.54) is 12.1 Å². The van der Waals surface area contributed by atoms with E-state index in [9.17, 15) is 16.8 Å². The average Bonchev–Trinajstić information content (AvgIpc) is 2.45. The maximum Gasteiger partial charge on any atom is 0.242 e. The highest BCUT2D eigenvalue weighted by molar-refractivity contribution is 7.90. The van der Waals surface area contributed by atoms with E-state index in [1.807, 2.05) is 0 Å². The Balaban J connectivity index is 2.10. The van der Waals surface area contributed by atoms with Crippen LogP contribution < -0.4 is 10.0 Å². The van der Waals surface area contributed by atoms with Gasteiger partial charge in [-0.25, -0.2) is 26.5 Å². The number of hydrogen-bond acceptors (Lipinski definition) is 6. The summed E-state index contributed by atoms with van der Waals surface area (Å²) in [5.41, 5.74) is 0.0131. The summed E-state index contributed by atoms with van der Waals surface area (Å²) in [4.78, 5) is 3.67. The van der Waals surface area contributed by atoms with Gasteiger partial charge in [-0.2, -0.15) is 0 Å². The molecule has 130 valence electrons. The molecule has 23 heavy (non-hydrogen) atoms. The fraction of sp³-hybridized carbons (Fsp3) is 0.643. The zero-order valence-electron chi connectivity index (χ0n) is 13.5. The van der Waals surface area contributed by atoms with Gasteiger partial charge in [-0.15, -0.1) is 0 Å². The highest BCUT2D eigenvalue weighted by atomic mass is 32.2. The van der Waals surface area contributed by atoms with Gasteiger partial charge in [0.2, 0.25) is 10.0 Å². The second kappa shape index (κ2) is 6.46. The predicted molar refractivity (Wildman–Crippen MR) is 87.3 cm³/mol. The zero-order chi connectivity index (χ0) is 17.3. The van der Waals surface area contributed by atoms with E-state index in [-0.39, 0.29) is 27.9 Å². The molecule has 7 nitrogen and oxygen atoms in total. The van der Waals surface area contributed by atoms with Crippen molar-refractivity contribution in [2.45, 2.75) is 42.7 Å². The molecule has 9 heteroatoms. The maximum atomic E-state index is 12.3. The lowest BCUT2D eigenvalue weighted by atomic mass is 9.78. The van der Waals surface area contributed by atoms with Crippen LogP contribution in [0.25, 0.3) is 0 Å². The quantitative estimate of drug-likeness (QED) is 0.793. The normalized spacial score (nSPS) is 22.0. The van der Waals surface area contributed by atoms with Crippen LogP contribution in [0.4, 0.5) is 0 Å². The first-order chi connectivity index (χ1) is 10.5. The summed E-state index contributed by atoms with van der Waals surface area (Å²) < 4.78 is 49.9. The van der Waals surface area contributed by atoms with Crippen molar-refractivity contribution in [3.05, 3.63) is 18.3 Å². The molecule has 0 bridgehead atoms. The molecule has 1 atom stereocenters. The molecule has 1 aliphatic heterocycles. The number of pyridine rings is 1. The van der Waals surface area contributed by atoms with Gasteiger partial charge in [-0.3, -0.25) is 0 Å². The minimum atomic E-state index is -3.72. The lowest BCUT2D eigenvalue weighted by Crippen LogP contribution is -2.52. The van der Waals surface area contributed by atoms with E-state index >= 15 is 0 Å². The van der Waals surface area contributed by atoms with Gasteiger partial charge < -0.3 is 5.32 Å². The first kappa shape index (κ1) is 18.3. The molecule has 2 N–H and O–H groups in total. The molecule has 0 spiro atoms. The highest BCUT2D eigenvalue weighted by Crippen LogP contribution is 2.29. The standard InChI is InChI=1S/C14H23N3O4S2/c1-14(2)7-4-8-15-12(14)10-17-23(20,21)11-5-6-13(16-9-11)22(3,18)19/h5-6,9,12,15,17H,4,7-8,10H2,1-3H3. The summed E-state index contributed by atoms with van der Waals surface area (Å²) in [6.07, 6.45) is 4.21. The first-order valence-electron chi connectivity index (χ1n) is 7.41. The van der Waals surface area contributed by atoms with Gasteiger partial charge in [0.1, 0.15) is 4.90 Å². The zero-order valence-corrected chi connectivity index (χ0v) is 15.2. The summed E-state index contributed by atoms with van der Waals surface area (Å²) in [5, 5.41) is 3.19. The third kappa shape index (κ3) is 4.50. The van der Waals surface area contributed by atoms with Crippen molar-refractivity contribution in [2.75, 3.05) is 19.3 Å². The molecule has 1 fully saturated rings. The molecule has 1 unspecified atom stereocenters. The van der Waals surface area contributed by atoms with Crippen LogP contribution in [0.15, 0.2) is 28.3 Å². The van der Waals surface area contributed by atoms with Gasteiger partial charge in [-0.05, 0) is 36.9 Å². The number of nitrogens with zero attached hydrogens (tertiary/aromatic N) is 1. The van der Waals surface area contributed by atoms with E-state index in [4.69, 9.17) is 0 Å². The molecule has 0 radical (unpaired) electrons. The number of piperidine rings is 1. The molecule has 0 aliphatic carbocycles. The summed E-state index contributed by atoms with van der Waals surface area (Å²) in [6, 6.07) is 2.51. The highest BCUT2D eigenvalue weighted by Gasteiger charge is 2.32. The lowest BCUT2D eigenvalue weighted by molar-refractivity contribution is 0.181. The average molecular weight is 361 g/mol. The summed E-state index contributed by atoms with van der Waals surface area (Å²) >= 11 is 0. The Morgan fingerprint density at radius 2 is 2.00 bits per heavy atom. The monoisotopic (exact) mass is 361 g/mol. The third-order valence-corrected chi connectivity index (χ3v) is 6.62. The van der Waals surface area contributed by atoms with Crippen molar-refractivity contribution < 1.29 is 16.8 Å². The van der Waals surface area contributed by atoms with Crippen molar-refractivity contribution >= 4 is 19.9 Å². The van der Waals surface area contributed by atoms with E-state index in [1.54, 1.807) is 0 Å². The molecule has 1 aromatic rings. The molecule has 1 saturated heterocycles. The van der Waals surface area contributed by atoms with Gasteiger partial charge >= 0.3 is 0 Å². The first-order valence-corrected chi connectivity index (χ1v) is 10.8.